The highest BCUT2D eigenvalue weighted by Crippen LogP contribution is 2.29. The predicted octanol–water partition coefficient (Wildman–Crippen LogP) is 1.15. The second-order valence-electron chi connectivity index (χ2n) is 4.10. The number of carbonyl (C=O) groups is 1. The van der Waals surface area contributed by atoms with E-state index in [2.05, 4.69) is 17.1 Å². The van der Waals surface area contributed by atoms with Gasteiger partial charge in [-0.1, -0.05) is 24.3 Å². The third-order valence-electron chi connectivity index (χ3n) is 3.08. The molecule has 0 aromatic heterocycles. The molecule has 1 heterocycles. The van der Waals surface area contributed by atoms with Crippen LogP contribution in [0, 0.1) is 0 Å². The summed E-state index contributed by atoms with van der Waals surface area (Å²) >= 11 is 0. The Hall–Kier alpha value is -1.42. The highest BCUT2D eigenvalue weighted by Gasteiger charge is 2.35. The first-order chi connectivity index (χ1) is 7.77. The molecule has 4 heteroatoms. The molecule has 1 aliphatic heterocycles. The van der Waals surface area contributed by atoms with Crippen LogP contribution in [0.3, 0.4) is 0 Å². The fourth-order valence-corrected chi connectivity index (χ4v) is 2.11. The Morgan fingerprint density at radius 1 is 1.56 bits per heavy atom. The van der Waals surface area contributed by atoms with Gasteiger partial charge in [0, 0.05) is 13.7 Å². The van der Waals surface area contributed by atoms with Crippen LogP contribution in [0.4, 0.5) is 0 Å². The number of rotatable bonds is 4. The minimum atomic E-state index is -0.138. The quantitative estimate of drug-likeness (QED) is 0.713. The van der Waals surface area contributed by atoms with Crippen molar-refractivity contribution in [2.45, 2.75) is 18.4 Å². The van der Waals surface area contributed by atoms with Crippen LogP contribution in [-0.2, 0) is 9.53 Å². The molecule has 86 valence electrons. The molecule has 0 radical (unpaired) electrons. The summed E-state index contributed by atoms with van der Waals surface area (Å²) in [5.74, 6) is -0.0697. The molecule has 2 rings (SSSR count). The molecular formula is C12H16N2O2. The van der Waals surface area contributed by atoms with Crippen molar-refractivity contribution in [3.8, 4) is 0 Å². The molecule has 1 aliphatic carbocycles. The van der Waals surface area contributed by atoms with Crippen LogP contribution in [0.25, 0.3) is 0 Å². The Morgan fingerprint density at radius 2 is 2.44 bits per heavy atom. The number of amides is 1. The molecule has 0 saturated carbocycles. The second kappa shape index (κ2) is 4.61. The fourth-order valence-electron chi connectivity index (χ4n) is 2.11. The summed E-state index contributed by atoms with van der Waals surface area (Å²) in [4.78, 5) is 17.0. The number of hydrogen-bond acceptors (Lipinski definition) is 3. The number of ether oxygens (including phenoxy) is 1. The van der Waals surface area contributed by atoms with Crippen LogP contribution < -0.4 is 0 Å². The maximum atomic E-state index is 11.2. The molecule has 0 saturated heterocycles. The zero-order valence-electron chi connectivity index (χ0n) is 9.43. The van der Waals surface area contributed by atoms with E-state index in [1.54, 1.807) is 13.4 Å². The summed E-state index contributed by atoms with van der Waals surface area (Å²) in [5.41, 5.74) is -0.138. The van der Waals surface area contributed by atoms with Crippen molar-refractivity contribution in [2.24, 2.45) is 4.99 Å². The SMILES string of the molecule is COCCC1(N2C=NC(=O)C2)C=CC=CC1. The Kier molecular flexibility index (Phi) is 3.19. The third kappa shape index (κ3) is 2.07. The Balaban J connectivity index is 2.14. The van der Waals surface area contributed by atoms with Gasteiger partial charge < -0.3 is 9.64 Å². The average Bonchev–Trinajstić information content (AvgIpc) is 2.75. The lowest BCUT2D eigenvalue weighted by atomic mass is 9.86. The summed E-state index contributed by atoms with van der Waals surface area (Å²) in [7, 11) is 1.69. The lowest BCUT2D eigenvalue weighted by molar-refractivity contribution is -0.117. The Bertz CT molecular complexity index is 360. The van der Waals surface area contributed by atoms with E-state index in [0.717, 1.165) is 12.8 Å². The first-order valence-corrected chi connectivity index (χ1v) is 5.44. The van der Waals surface area contributed by atoms with E-state index in [1.165, 1.54) is 0 Å². The molecule has 4 nitrogen and oxygen atoms in total. The number of hydrogen-bond donors (Lipinski definition) is 0. The normalized spacial score (nSPS) is 28.1. The van der Waals surface area contributed by atoms with Gasteiger partial charge in [0.15, 0.2) is 0 Å². The highest BCUT2D eigenvalue weighted by molar-refractivity contribution is 5.92. The molecule has 0 spiro atoms. The van der Waals surface area contributed by atoms with E-state index in [-0.39, 0.29) is 11.4 Å². The molecule has 1 unspecified atom stereocenters. The topological polar surface area (TPSA) is 41.9 Å². The lowest BCUT2D eigenvalue weighted by Crippen LogP contribution is -2.47. The molecule has 0 fully saturated rings. The van der Waals surface area contributed by atoms with E-state index in [4.69, 9.17) is 4.74 Å². The van der Waals surface area contributed by atoms with Crippen LogP contribution in [0.5, 0.6) is 0 Å². The maximum absolute atomic E-state index is 11.2. The number of methoxy groups -OCH3 is 1. The average molecular weight is 220 g/mol. The fraction of sp³-hybridized carbons (Fsp3) is 0.500. The number of allylic oxidation sites excluding steroid dienone is 2. The number of nitrogens with zero attached hydrogens (tertiary/aromatic N) is 2. The lowest BCUT2D eigenvalue weighted by Gasteiger charge is -2.39. The molecule has 2 aliphatic rings. The smallest absolute Gasteiger partial charge is 0.266 e. The van der Waals surface area contributed by atoms with Gasteiger partial charge in [-0.3, -0.25) is 4.79 Å². The molecule has 1 amide bonds. The molecule has 1 atom stereocenters. The van der Waals surface area contributed by atoms with Gasteiger partial charge in [0.1, 0.15) is 6.54 Å². The monoisotopic (exact) mass is 220 g/mol. The second-order valence-corrected chi connectivity index (χ2v) is 4.10. The first kappa shape index (κ1) is 11.1. The Morgan fingerprint density at radius 3 is 3.00 bits per heavy atom. The summed E-state index contributed by atoms with van der Waals surface area (Å²) in [6.07, 6.45) is 11.7. The van der Waals surface area contributed by atoms with Crippen molar-refractivity contribution in [3.63, 3.8) is 0 Å². The van der Waals surface area contributed by atoms with Crippen LogP contribution in [0.1, 0.15) is 12.8 Å². The summed E-state index contributed by atoms with van der Waals surface area (Å²) < 4.78 is 5.14. The van der Waals surface area contributed by atoms with Crippen LogP contribution in [-0.4, -0.2) is 42.9 Å². The Labute approximate surface area is 95.3 Å². The van der Waals surface area contributed by atoms with Gasteiger partial charge in [0.2, 0.25) is 0 Å². The van der Waals surface area contributed by atoms with Crippen LogP contribution in [0.2, 0.25) is 0 Å². The van der Waals surface area contributed by atoms with Crippen LogP contribution in [0.15, 0.2) is 29.3 Å². The van der Waals surface area contributed by atoms with E-state index in [1.807, 2.05) is 17.1 Å². The maximum Gasteiger partial charge on any atom is 0.266 e. The largest absolute Gasteiger partial charge is 0.385 e. The van der Waals surface area contributed by atoms with E-state index in [9.17, 15) is 4.79 Å². The zero-order valence-corrected chi connectivity index (χ0v) is 9.43. The summed E-state index contributed by atoms with van der Waals surface area (Å²) in [6.45, 7) is 1.05. The van der Waals surface area contributed by atoms with Crippen molar-refractivity contribution >= 4 is 12.2 Å². The van der Waals surface area contributed by atoms with Gasteiger partial charge >= 0.3 is 0 Å². The zero-order chi connectivity index (χ0) is 11.4. The van der Waals surface area contributed by atoms with Crippen molar-refractivity contribution in [2.75, 3.05) is 20.3 Å². The van der Waals surface area contributed by atoms with Crippen molar-refractivity contribution < 1.29 is 9.53 Å². The van der Waals surface area contributed by atoms with E-state index < -0.39 is 0 Å². The van der Waals surface area contributed by atoms with Gasteiger partial charge in [-0.25, -0.2) is 4.99 Å². The molecule has 0 bridgehead atoms. The van der Waals surface area contributed by atoms with E-state index >= 15 is 0 Å². The number of aliphatic imine (C=N–C) groups is 1. The van der Waals surface area contributed by atoms with Gasteiger partial charge in [0.25, 0.3) is 5.91 Å². The molecular weight excluding hydrogens is 204 g/mol. The first-order valence-electron chi connectivity index (χ1n) is 5.44. The van der Waals surface area contributed by atoms with Gasteiger partial charge in [0.05, 0.1) is 11.9 Å². The van der Waals surface area contributed by atoms with Crippen LogP contribution >= 0.6 is 0 Å². The number of carbonyl (C=O) groups excluding carboxylic acids is 1. The molecule has 0 aromatic rings. The van der Waals surface area contributed by atoms with Crippen molar-refractivity contribution in [3.05, 3.63) is 24.3 Å². The minimum absolute atomic E-state index is 0.0697. The minimum Gasteiger partial charge on any atom is -0.385 e. The molecule has 0 N–H and O–H groups in total. The van der Waals surface area contributed by atoms with Gasteiger partial charge in [-0.15, -0.1) is 0 Å². The third-order valence-corrected chi connectivity index (χ3v) is 3.08. The molecule has 16 heavy (non-hydrogen) atoms. The van der Waals surface area contributed by atoms with Crippen molar-refractivity contribution in [1.29, 1.82) is 0 Å². The predicted molar refractivity (Wildman–Crippen MR) is 62.3 cm³/mol. The van der Waals surface area contributed by atoms with Gasteiger partial charge in [-0.2, -0.15) is 0 Å². The summed E-state index contributed by atoms with van der Waals surface area (Å²) in [5, 5.41) is 0. The highest BCUT2D eigenvalue weighted by atomic mass is 16.5. The van der Waals surface area contributed by atoms with Gasteiger partial charge in [-0.05, 0) is 12.8 Å². The standard InChI is InChI=1S/C12H16N2O2/c1-16-8-7-12(5-3-2-4-6-12)14-9-11(15)13-10-14/h2-5,10H,6-9H2,1H3. The van der Waals surface area contributed by atoms with E-state index in [0.29, 0.717) is 13.2 Å². The summed E-state index contributed by atoms with van der Waals surface area (Å²) in [6, 6.07) is 0. The molecule has 0 aromatic carbocycles. The van der Waals surface area contributed by atoms with Crippen molar-refractivity contribution in [1.82, 2.24) is 4.90 Å².